The number of thiol groups is 1. The first-order valence-corrected chi connectivity index (χ1v) is 11.5. The largest absolute Gasteiger partial charge is 0.481 e. The fourth-order valence-corrected chi connectivity index (χ4v) is 3.87. The number of aromatic nitrogens is 2. The average Bonchev–Trinajstić information content (AvgIpc) is 2.81. The Balaban J connectivity index is 1.75. The van der Waals surface area contributed by atoms with Gasteiger partial charge in [0.05, 0.1) is 10.9 Å². The first-order valence-electron chi connectivity index (χ1n) is 10.9. The third-order valence-corrected chi connectivity index (χ3v) is 5.58. The molecule has 1 amide bonds. The lowest BCUT2D eigenvalue weighted by atomic mass is 10.1. The van der Waals surface area contributed by atoms with Crippen molar-refractivity contribution in [2.75, 3.05) is 17.2 Å². The van der Waals surface area contributed by atoms with Gasteiger partial charge < -0.3 is 25.4 Å². The van der Waals surface area contributed by atoms with Gasteiger partial charge >= 0.3 is 11.9 Å². The van der Waals surface area contributed by atoms with E-state index in [1.54, 1.807) is 37.3 Å². The summed E-state index contributed by atoms with van der Waals surface area (Å²) in [5.74, 6) is -1.92. The van der Waals surface area contributed by atoms with Gasteiger partial charge in [-0.2, -0.15) is 12.6 Å². The molecule has 0 saturated carbocycles. The molecule has 0 aliphatic heterocycles. The normalized spacial score (nSPS) is 11.7. The molecule has 0 aliphatic rings. The lowest BCUT2D eigenvalue weighted by Gasteiger charge is -2.25. The predicted octanol–water partition coefficient (Wildman–Crippen LogP) is 2.22. The van der Waals surface area contributed by atoms with E-state index in [-0.39, 0.29) is 24.0 Å². The highest BCUT2D eigenvalue weighted by atomic mass is 32.1. The second-order valence-corrected chi connectivity index (χ2v) is 8.44. The molecule has 0 bridgehead atoms. The Kier molecular flexibility index (Phi) is 8.48. The van der Waals surface area contributed by atoms with Crippen molar-refractivity contribution in [3.63, 3.8) is 0 Å². The van der Waals surface area contributed by atoms with E-state index in [9.17, 15) is 24.3 Å². The van der Waals surface area contributed by atoms with Gasteiger partial charge in [-0.1, -0.05) is 6.07 Å². The lowest BCUT2D eigenvalue weighted by Crippen LogP contribution is -2.41. The Morgan fingerprint density at radius 1 is 1.14 bits per heavy atom. The summed E-state index contributed by atoms with van der Waals surface area (Å²) in [5.41, 5.74) is 2.38. The van der Waals surface area contributed by atoms with Gasteiger partial charge in [-0.05, 0) is 55.3 Å². The molecule has 0 saturated heterocycles. The number of hydrogen-bond donors (Lipinski definition) is 5. The second-order valence-electron chi connectivity index (χ2n) is 7.99. The number of carbonyl (C=O) groups excluding carboxylic acids is 1. The highest BCUT2D eigenvalue weighted by molar-refractivity contribution is 7.80. The van der Waals surface area contributed by atoms with Crippen molar-refractivity contribution in [3.8, 4) is 0 Å². The summed E-state index contributed by atoms with van der Waals surface area (Å²) in [6.07, 6.45) is -0.584. The Morgan fingerprint density at radius 2 is 1.86 bits per heavy atom. The second kappa shape index (κ2) is 11.5. The number of hydrogen-bond acceptors (Lipinski definition) is 7. The SMILES string of the molecule is Cc1nc2ccc(CN(CCS)c3ccc(C(=O)N[C@@H](CCC(=O)O)C(=O)O)cc3)cc2c(=O)[nH]1. The van der Waals surface area contributed by atoms with Gasteiger partial charge in [0.25, 0.3) is 11.5 Å². The molecule has 0 spiro atoms. The Labute approximate surface area is 206 Å². The topological polar surface area (TPSA) is 153 Å². The van der Waals surface area contributed by atoms with Crippen molar-refractivity contribution in [1.82, 2.24) is 15.3 Å². The van der Waals surface area contributed by atoms with Crippen LogP contribution >= 0.6 is 12.6 Å². The number of benzene rings is 2. The minimum absolute atomic E-state index is 0.200. The molecule has 0 aliphatic carbocycles. The number of aliphatic carboxylic acids is 2. The molecular formula is C24H26N4O6S. The molecule has 10 nitrogen and oxygen atoms in total. The van der Waals surface area contributed by atoms with Crippen molar-refractivity contribution in [2.24, 2.45) is 0 Å². The minimum atomic E-state index is -1.30. The van der Waals surface area contributed by atoms with E-state index in [0.29, 0.717) is 35.6 Å². The molecule has 4 N–H and O–H groups in total. The standard InChI is InChI=1S/C24H26N4O6S/c1-14-25-19-7-2-15(12-18(19)23(32)26-14)13-28(10-11-35)17-5-3-16(4-6-17)22(31)27-20(24(33)34)8-9-21(29)30/h2-7,12,20,35H,8-11,13H2,1H3,(H,27,31)(H,29,30)(H,33,34)(H,25,26,32)/t20-/m0/s1. The number of nitrogens with zero attached hydrogens (tertiary/aromatic N) is 2. The minimum Gasteiger partial charge on any atom is -0.481 e. The van der Waals surface area contributed by atoms with Crippen LogP contribution in [0.5, 0.6) is 0 Å². The van der Waals surface area contributed by atoms with Crippen LogP contribution in [0.25, 0.3) is 10.9 Å². The summed E-state index contributed by atoms with van der Waals surface area (Å²) < 4.78 is 0. The smallest absolute Gasteiger partial charge is 0.326 e. The lowest BCUT2D eigenvalue weighted by molar-refractivity contribution is -0.140. The maximum Gasteiger partial charge on any atom is 0.326 e. The van der Waals surface area contributed by atoms with Gasteiger partial charge in [0, 0.05) is 36.5 Å². The number of amides is 1. The number of anilines is 1. The summed E-state index contributed by atoms with van der Waals surface area (Å²) in [4.78, 5) is 56.0. The molecule has 2 aromatic carbocycles. The number of fused-ring (bicyclic) bond motifs is 1. The van der Waals surface area contributed by atoms with Crippen LogP contribution in [-0.2, 0) is 16.1 Å². The fourth-order valence-electron chi connectivity index (χ4n) is 3.63. The molecule has 3 rings (SSSR count). The molecule has 11 heteroatoms. The quantitative estimate of drug-likeness (QED) is 0.252. The monoisotopic (exact) mass is 498 g/mol. The third-order valence-electron chi connectivity index (χ3n) is 5.38. The van der Waals surface area contributed by atoms with Crippen molar-refractivity contribution in [3.05, 3.63) is 69.8 Å². The van der Waals surface area contributed by atoms with Crippen LogP contribution < -0.4 is 15.8 Å². The van der Waals surface area contributed by atoms with E-state index in [2.05, 4.69) is 27.9 Å². The first-order chi connectivity index (χ1) is 16.7. The molecule has 0 fully saturated rings. The predicted molar refractivity (Wildman–Crippen MR) is 134 cm³/mol. The maximum absolute atomic E-state index is 12.5. The van der Waals surface area contributed by atoms with Crippen LogP contribution in [0.4, 0.5) is 5.69 Å². The van der Waals surface area contributed by atoms with Gasteiger partial charge in [0.1, 0.15) is 11.9 Å². The number of aryl methyl sites for hydroxylation is 1. The summed E-state index contributed by atoms with van der Waals surface area (Å²) in [6.45, 7) is 2.82. The summed E-state index contributed by atoms with van der Waals surface area (Å²) >= 11 is 4.34. The van der Waals surface area contributed by atoms with Gasteiger partial charge in [-0.15, -0.1) is 0 Å². The van der Waals surface area contributed by atoms with E-state index >= 15 is 0 Å². The zero-order chi connectivity index (χ0) is 25.5. The van der Waals surface area contributed by atoms with Crippen LogP contribution in [0.2, 0.25) is 0 Å². The zero-order valence-electron chi connectivity index (χ0n) is 19.0. The van der Waals surface area contributed by atoms with Crippen molar-refractivity contribution in [1.29, 1.82) is 0 Å². The van der Waals surface area contributed by atoms with Gasteiger partial charge in [-0.25, -0.2) is 9.78 Å². The molecule has 0 radical (unpaired) electrons. The van der Waals surface area contributed by atoms with Gasteiger partial charge in [0.2, 0.25) is 0 Å². The highest BCUT2D eigenvalue weighted by Crippen LogP contribution is 2.20. The number of nitrogens with one attached hydrogen (secondary N) is 2. The van der Waals surface area contributed by atoms with Crippen LogP contribution in [0, 0.1) is 6.92 Å². The summed E-state index contributed by atoms with van der Waals surface area (Å²) in [5, 5.41) is 20.9. The van der Waals surface area contributed by atoms with Crippen molar-refractivity contribution in [2.45, 2.75) is 32.4 Å². The van der Waals surface area contributed by atoms with Crippen molar-refractivity contribution < 1.29 is 24.6 Å². The van der Waals surface area contributed by atoms with Gasteiger partial charge in [-0.3, -0.25) is 14.4 Å². The first kappa shape index (κ1) is 25.8. The summed E-state index contributed by atoms with van der Waals surface area (Å²) in [7, 11) is 0. The van der Waals surface area contributed by atoms with E-state index in [1.165, 1.54) is 0 Å². The molecule has 3 aromatic rings. The zero-order valence-corrected chi connectivity index (χ0v) is 19.9. The van der Waals surface area contributed by atoms with E-state index in [0.717, 1.165) is 11.3 Å². The Morgan fingerprint density at radius 3 is 2.49 bits per heavy atom. The number of carboxylic acids is 2. The summed E-state index contributed by atoms with van der Waals surface area (Å²) in [6, 6.07) is 10.8. The van der Waals surface area contributed by atoms with Gasteiger partial charge in [0.15, 0.2) is 0 Å². The number of H-pyrrole nitrogens is 1. The van der Waals surface area contributed by atoms with Crippen LogP contribution in [0.3, 0.4) is 0 Å². The number of carboxylic acid groups (broad SMARTS) is 2. The molecular weight excluding hydrogens is 472 g/mol. The Bertz CT molecular complexity index is 1290. The number of rotatable bonds is 11. The third kappa shape index (κ3) is 6.82. The van der Waals surface area contributed by atoms with Crippen LogP contribution in [0.15, 0.2) is 47.3 Å². The van der Waals surface area contributed by atoms with Crippen LogP contribution in [0.1, 0.15) is 34.6 Å². The molecule has 35 heavy (non-hydrogen) atoms. The molecule has 1 heterocycles. The molecule has 1 atom stereocenters. The number of aromatic amines is 1. The van der Waals surface area contributed by atoms with Crippen molar-refractivity contribution >= 4 is 47.1 Å². The molecule has 184 valence electrons. The highest BCUT2D eigenvalue weighted by Gasteiger charge is 2.21. The maximum atomic E-state index is 12.5. The van der Waals surface area contributed by atoms with E-state index < -0.39 is 23.9 Å². The molecule has 0 unspecified atom stereocenters. The number of carbonyl (C=O) groups is 3. The Hall–Kier alpha value is -3.86. The van der Waals surface area contributed by atoms with E-state index in [4.69, 9.17) is 5.11 Å². The van der Waals surface area contributed by atoms with Crippen LogP contribution in [-0.4, -0.2) is 56.4 Å². The molecule has 1 aromatic heterocycles. The van der Waals surface area contributed by atoms with E-state index in [1.807, 2.05) is 17.0 Å². The fraction of sp³-hybridized carbons (Fsp3) is 0.292. The average molecular weight is 499 g/mol.